The first-order valence-electron chi connectivity index (χ1n) is 5.72. The van der Waals surface area contributed by atoms with Crippen molar-refractivity contribution in [1.29, 1.82) is 0 Å². The Morgan fingerprint density at radius 1 is 1.39 bits per heavy atom. The number of ether oxygens (including phenoxy) is 1. The smallest absolute Gasteiger partial charge is 0.149 e. The molecule has 98 valence electrons. The summed E-state index contributed by atoms with van der Waals surface area (Å²) in [6.07, 6.45) is 2.77. The van der Waals surface area contributed by atoms with E-state index >= 15 is 0 Å². The fraction of sp³-hybridized carbons (Fsp3) is 0.462. The second kappa shape index (κ2) is 6.06. The van der Waals surface area contributed by atoms with Crippen LogP contribution in [0.1, 0.15) is 18.4 Å². The van der Waals surface area contributed by atoms with Gasteiger partial charge in [-0.1, -0.05) is 31.9 Å². The number of benzene rings is 1. The van der Waals surface area contributed by atoms with E-state index in [1.54, 1.807) is 7.11 Å². The Bertz CT molecular complexity index is 470. The van der Waals surface area contributed by atoms with Crippen LogP contribution in [-0.4, -0.2) is 17.7 Å². The van der Waals surface area contributed by atoms with E-state index in [0.717, 1.165) is 33.1 Å². The van der Waals surface area contributed by atoms with E-state index in [1.165, 1.54) is 0 Å². The van der Waals surface area contributed by atoms with Crippen molar-refractivity contribution in [2.75, 3.05) is 7.11 Å². The molecule has 0 spiro atoms. The maximum atomic E-state index is 11.9. The largest absolute Gasteiger partial charge is 0.496 e. The summed E-state index contributed by atoms with van der Waals surface area (Å²) < 4.78 is 7.17. The lowest BCUT2D eigenvalue weighted by molar-refractivity contribution is -0.119. The SMILES string of the molecule is COc1cc(CC(Br)C(=O)C2CC2)c(Br)cc1Br. The average Bonchev–Trinajstić information content (AvgIpc) is 3.15. The lowest BCUT2D eigenvalue weighted by atomic mass is 10.1. The van der Waals surface area contributed by atoms with Crippen LogP contribution in [0.25, 0.3) is 0 Å². The van der Waals surface area contributed by atoms with Gasteiger partial charge in [-0.15, -0.1) is 0 Å². The van der Waals surface area contributed by atoms with Crippen LogP contribution in [0.15, 0.2) is 21.1 Å². The highest BCUT2D eigenvalue weighted by atomic mass is 79.9. The standard InChI is InChI=1S/C13H13Br3O2/c1-18-12-5-8(9(14)6-10(12)15)4-11(16)13(17)7-2-3-7/h5-7,11H,2-4H2,1H3. The lowest BCUT2D eigenvalue weighted by Crippen LogP contribution is -2.18. The normalized spacial score (nSPS) is 16.4. The molecule has 0 saturated heterocycles. The van der Waals surface area contributed by atoms with Crippen molar-refractivity contribution in [1.82, 2.24) is 0 Å². The number of hydrogen-bond donors (Lipinski definition) is 0. The summed E-state index contributed by atoms with van der Waals surface area (Å²) in [4.78, 5) is 11.8. The molecule has 1 aromatic rings. The summed E-state index contributed by atoms with van der Waals surface area (Å²) in [6, 6.07) is 3.91. The molecule has 0 radical (unpaired) electrons. The summed E-state index contributed by atoms with van der Waals surface area (Å²) in [5, 5.41) is 0. The third-order valence-corrected chi connectivity index (χ3v) is 5.14. The molecule has 0 N–H and O–H groups in total. The van der Waals surface area contributed by atoms with Gasteiger partial charge in [-0.3, -0.25) is 4.79 Å². The number of alkyl halides is 1. The van der Waals surface area contributed by atoms with E-state index in [-0.39, 0.29) is 10.7 Å². The molecular formula is C13H13Br3O2. The molecule has 18 heavy (non-hydrogen) atoms. The fourth-order valence-electron chi connectivity index (χ4n) is 1.80. The van der Waals surface area contributed by atoms with Crippen LogP contribution in [0.3, 0.4) is 0 Å². The van der Waals surface area contributed by atoms with Crippen LogP contribution in [0.5, 0.6) is 5.75 Å². The van der Waals surface area contributed by atoms with Crippen molar-refractivity contribution in [2.45, 2.75) is 24.1 Å². The second-order valence-electron chi connectivity index (χ2n) is 4.43. The van der Waals surface area contributed by atoms with Gasteiger partial charge in [0.2, 0.25) is 0 Å². The van der Waals surface area contributed by atoms with Gasteiger partial charge in [0.25, 0.3) is 0 Å². The van der Waals surface area contributed by atoms with Gasteiger partial charge in [0.15, 0.2) is 0 Å². The van der Waals surface area contributed by atoms with E-state index in [0.29, 0.717) is 12.2 Å². The highest BCUT2D eigenvalue weighted by Crippen LogP contribution is 2.36. The molecule has 0 aliphatic heterocycles. The van der Waals surface area contributed by atoms with Gasteiger partial charge in [-0.05, 0) is 52.9 Å². The van der Waals surface area contributed by atoms with Crippen molar-refractivity contribution < 1.29 is 9.53 Å². The zero-order valence-electron chi connectivity index (χ0n) is 9.88. The van der Waals surface area contributed by atoms with Gasteiger partial charge in [0.1, 0.15) is 11.5 Å². The van der Waals surface area contributed by atoms with Gasteiger partial charge in [0, 0.05) is 10.4 Å². The minimum absolute atomic E-state index is 0.104. The van der Waals surface area contributed by atoms with Crippen molar-refractivity contribution in [3.63, 3.8) is 0 Å². The van der Waals surface area contributed by atoms with Crippen LogP contribution < -0.4 is 4.74 Å². The topological polar surface area (TPSA) is 26.3 Å². The molecule has 1 saturated carbocycles. The molecule has 0 aromatic heterocycles. The maximum absolute atomic E-state index is 11.9. The number of hydrogen-bond acceptors (Lipinski definition) is 2. The zero-order chi connectivity index (χ0) is 13.3. The number of halogens is 3. The minimum Gasteiger partial charge on any atom is -0.496 e. The Balaban J connectivity index is 2.14. The summed E-state index contributed by atoms with van der Waals surface area (Å²) in [7, 11) is 1.64. The molecule has 2 rings (SSSR count). The molecule has 1 aliphatic carbocycles. The van der Waals surface area contributed by atoms with Crippen LogP contribution in [-0.2, 0) is 11.2 Å². The molecule has 0 heterocycles. The second-order valence-corrected chi connectivity index (χ2v) is 7.24. The van der Waals surface area contributed by atoms with E-state index < -0.39 is 0 Å². The predicted octanol–water partition coefficient (Wildman–Crippen LogP) is 4.51. The minimum atomic E-state index is -0.104. The highest BCUT2D eigenvalue weighted by molar-refractivity contribution is 9.11. The van der Waals surface area contributed by atoms with Gasteiger partial charge in [0.05, 0.1) is 16.4 Å². The molecule has 1 fully saturated rings. The molecule has 1 aliphatic rings. The molecule has 1 atom stereocenters. The molecule has 2 nitrogen and oxygen atoms in total. The number of carbonyl (C=O) groups excluding carboxylic acids is 1. The monoisotopic (exact) mass is 438 g/mol. The van der Waals surface area contributed by atoms with Crippen molar-refractivity contribution in [3.8, 4) is 5.75 Å². The fourth-order valence-corrected chi connectivity index (χ4v) is 3.84. The maximum Gasteiger partial charge on any atom is 0.149 e. The first-order valence-corrected chi connectivity index (χ1v) is 8.22. The Kier molecular flexibility index (Phi) is 4.89. The van der Waals surface area contributed by atoms with Crippen molar-refractivity contribution in [2.24, 2.45) is 5.92 Å². The van der Waals surface area contributed by atoms with Gasteiger partial charge in [-0.25, -0.2) is 0 Å². The zero-order valence-corrected chi connectivity index (χ0v) is 14.6. The highest BCUT2D eigenvalue weighted by Gasteiger charge is 2.33. The summed E-state index contributed by atoms with van der Waals surface area (Å²) in [5.74, 6) is 1.39. The Hall–Kier alpha value is 0.130. The Labute approximate surface area is 132 Å². The van der Waals surface area contributed by atoms with Gasteiger partial charge in [-0.2, -0.15) is 0 Å². The molecule has 5 heteroatoms. The van der Waals surface area contributed by atoms with E-state index in [1.807, 2.05) is 12.1 Å². The molecular weight excluding hydrogens is 428 g/mol. The Morgan fingerprint density at radius 2 is 2.06 bits per heavy atom. The number of Topliss-reactive ketones (excluding diaryl/α,β-unsaturated/α-hetero) is 1. The van der Waals surface area contributed by atoms with Crippen LogP contribution in [0.4, 0.5) is 0 Å². The summed E-state index contributed by atoms with van der Waals surface area (Å²) in [5.41, 5.74) is 1.07. The quantitative estimate of drug-likeness (QED) is 0.630. The van der Waals surface area contributed by atoms with Gasteiger partial charge >= 0.3 is 0 Å². The van der Waals surface area contributed by atoms with E-state index in [2.05, 4.69) is 47.8 Å². The Morgan fingerprint density at radius 3 is 2.61 bits per heavy atom. The van der Waals surface area contributed by atoms with E-state index in [4.69, 9.17) is 4.74 Å². The van der Waals surface area contributed by atoms with Crippen LogP contribution in [0.2, 0.25) is 0 Å². The first kappa shape index (κ1) is 14.5. The third-order valence-electron chi connectivity index (χ3n) is 3.01. The lowest BCUT2D eigenvalue weighted by Gasteiger charge is -2.12. The number of ketones is 1. The van der Waals surface area contributed by atoms with Crippen molar-refractivity contribution in [3.05, 3.63) is 26.6 Å². The number of carbonyl (C=O) groups is 1. The average molecular weight is 441 g/mol. The molecule has 0 bridgehead atoms. The third kappa shape index (κ3) is 3.36. The molecule has 0 amide bonds. The van der Waals surface area contributed by atoms with Crippen LogP contribution in [0, 0.1) is 5.92 Å². The van der Waals surface area contributed by atoms with Crippen molar-refractivity contribution >= 4 is 53.6 Å². The number of rotatable bonds is 5. The molecule has 1 unspecified atom stereocenters. The van der Waals surface area contributed by atoms with E-state index in [9.17, 15) is 4.79 Å². The molecule has 1 aromatic carbocycles. The predicted molar refractivity (Wildman–Crippen MR) is 82.5 cm³/mol. The first-order chi connectivity index (χ1) is 8.52. The summed E-state index contributed by atoms with van der Waals surface area (Å²) >= 11 is 10.5. The van der Waals surface area contributed by atoms with Crippen LogP contribution >= 0.6 is 47.8 Å². The number of methoxy groups -OCH3 is 1. The van der Waals surface area contributed by atoms with Gasteiger partial charge < -0.3 is 4.74 Å². The summed E-state index contributed by atoms with van der Waals surface area (Å²) in [6.45, 7) is 0.